The summed E-state index contributed by atoms with van der Waals surface area (Å²) < 4.78 is 26.9. The summed E-state index contributed by atoms with van der Waals surface area (Å²) in [5.74, 6) is -0.253. The van der Waals surface area contributed by atoms with Crippen LogP contribution in [0.5, 0.6) is 0 Å². The van der Waals surface area contributed by atoms with E-state index in [9.17, 15) is 13.2 Å². The van der Waals surface area contributed by atoms with Gasteiger partial charge in [-0.2, -0.15) is 4.31 Å². The molecule has 1 aliphatic heterocycles. The summed E-state index contributed by atoms with van der Waals surface area (Å²) >= 11 is 17.8. The van der Waals surface area contributed by atoms with Crippen LogP contribution in [0.2, 0.25) is 15.1 Å². The zero-order chi connectivity index (χ0) is 21.0. The lowest BCUT2D eigenvalue weighted by molar-refractivity contribution is -0.126. The van der Waals surface area contributed by atoms with Crippen LogP contribution in [0, 0.1) is 5.92 Å². The zero-order valence-electron chi connectivity index (χ0n) is 15.6. The fourth-order valence-corrected chi connectivity index (χ4v) is 5.51. The van der Waals surface area contributed by atoms with E-state index in [1.54, 1.807) is 18.2 Å². The molecule has 156 valence electrons. The lowest BCUT2D eigenvalue weighted by atomic mass is 9.97. The minimum atomic E-state index is -3.57. The van der Waals surface area contributed by atoms with Crippen LogP contribution < -0.4 is 5.32 Å². The average Bonchev–Trinajstić information content (AvgIpc) is 2.67. The van der Waals surface area contributed by atoms with Gasteiger partial charge in [-0.05, 0) is 67.3 Å². The van der Waals surface area contributed by atoms with Crippen molar-refractivity contribution in [1.29, 1.82) is 0 Å². The molecule has 9 heteroatoms. The molecule has 0 spiro atoms. The maximum atomic E-state index is 12.7. The second-order valence-corrected chi connectivity index (χ2v) is 10.2. The van der Waals surface area contributed by atoms with Crippen LogP contribution in [0.3, 0.4) is 0 Å². The quantitative estimate of drug-likeness (QED) is 0.673. The summed E-state index contributed by atoms with van der Waals surface area (Å²) in [6, 6.07) is 11.4. The Balaban J connectivity index is 1.49. The first-order valence-electron chi connectivity index (χ1n) is 9.24. The highest BCUT2D eigenvalue weighted by atomic mass is 35.5. The van der Waals surface area contributed by atoms with Crippen LogP contribution in [-0.2, 0) is 21.2 Å². The molecule has 1 fully saturated rings. The number of hydrogen-bond donors (Lipinski definition) is 1. The number of rotatable bonds is 6. The Labute approximate surface area is 186 Å². The summed E-state index contributed by atoms with van der Waals surface area (Å²) in [4.78, 5) is 12.7. The van der Waals surface area contributed by atoms with E-state index in [0.29, 0.717) is 54.0 Å². The van der Waals surface area contributed by atoms with Crippen molar-refractivity contribution in [2.24, 2.45) is 5.92 Å². The molecule has 0 atom stereocenters. The molecule has 1 saturated heterocycles. The van der Waals surface area contributed by atoms with Crippen molar-refractivity contribution in [1.82, 2.24) is 9.62 Å². The van der Waals surface area contributed by atoms with E-state index >= 15 is 0 Å². The van der Waals surface area contributed by atoms with Gasteiger partial charge in [0.25, 0.3) is 0 Å². The molecule has 0 aromatic heterocycles. The SMILES string of the molecule is O=C(NCCc1cc(Cl)cc(Cl)c1)C1CCN(S(=O)(=O)c2ccc(Cl)cc2)CC1. The van der Waals surface area contributed by atoms with Crippen LogP contribution in [0.25, 0.3) is 0 Å². The van der Waals surface area contributed by atoms with E-state index in [2.05, 4.69) is 5.32 Å². The number of nitrogens with zero attached hydrogens (tertiary/aromatic N) is 1. The second-order valence-electron chi connectivity index (χ2n) is 6.95. The van der Waals surface area contributed by atoms with Crippen molar-refractivity contribution < 1.29 is 13.2 Å². The summed E-state index contributed by atoms with van der Waals surface area (Å²) in [5.41, 5.74) is 0.951. The highest BCUT2D eigenvalue weighted by molar-refractivity contribution is 7.89. The van der Waals surface area contributed by atoms with E-state index in [4.69, 9.17) is 34.8 Å². The van der Waals surface area contributed by atoms with Crippen molar-refractivity contribution in [3.8, 4) is 0 Å². The number of amides is 1. The number of nitrogens with one attached hydrogen (secondary N) is 1. The van der Waals surface area contributed by atoms with E-state index in [-0.39, 0.29) is 16.7 Å². The van der Waals surface area contributed by atoms with Gasteiger partial charge in [0.1, 0.15) is 0 Å². The first-order valence-corrected chi connectivity index (χ1v) is 11.8. The minimum absolute atomic E-state index is 0.0540. The average molecular weight is 476 g/mol. The Hall–Kier alpha value is -1.31. The Morgan fingerprint density at radius 3 is 2.14 bits per heavy atom. The first-order chi connectivity index (χ1) is 13.8. The van der Waals surface area contributed by atoms with Gasteiger partial charge in [0.15, 0.2) is 0 Å². The van der Waals surface area contributed by atoms with Gasteiger partial charge in [0, 0.05) is 40.6 Å². The maximum Gasteiger partial charge on any atom is 0.243 e. The molecule has 0 bridgehead atoms. The highest BCUT2D eigenvalue weighted by Gasteiger charge is 2.31. The molecule has 2 aromatic carbocycles. The van der Waals surface area contributed by atoms with Crippen molar-refractivity contribution in [3.63, 3.8) is 0 Å². The molecule has 0 radical (unpaired) electrons. The van der Waals surface area contributed by atoms with Gasteiger partial charge in [-0.15, -0.1) is 0 Å². The normalized spacial score (nSPS) is 16.0. The topological polar surface area (TPSA) is 66.5 Å². The smallest absolute Gasteiger partial charge is 0.243 e. The lowest BCUT2D eigenvalue weighted by Crippen LogP contribution is -2.43. The fourth-order valence-electron chi connectivity index (χ4n) is 3.34. The number of sulfonamides is 1. The van der Waals surface area contributed by atoms with Gasteiger partial charge in [0.2, 0.25) is 15.9 Å². The molecule has 29 heavy (non-hydrogen) atoms. The summed E-state index contributed by atoms with van der Waals surface area (Å²) in [7, 11) is -3.57. The van der Waals surface area contributed by atoms with Gasteiger partial charge in [-0.25, -0.2) is 8.42 Å². The molecule has 1 N–H and O–H groups in total. The maximum absolute atomic E-state index is 12.7. The molecule has 0 aliphatic carbocycles. The molecule has 2 aromatic rings. The molecule has 1 amide bonds. The summed E-state index contributed by atoms with van der Waals surface area (Å²) in [5, 5.41) is 4.54. The lowest BCUT2D eigenvalue weighted by Gasteiger charge is -2.30. The predicted molar refractivity (Wildman–Crippen MR) is 116 cm³/mol. The van der Waals surface area contributed by atoms with Gasteiger partial charge in [-0.3, -0.25) is 4.79 Å². The number of carbonyl (C=O) groups is 1. The van der Waals surface area contributed by atoms with Crippen molar-refractivity contribution in [2.75, 3.05) is 19.6 Å². The molecule has 3 rings (SSSR count). The van der Waals surface area contributed by atoms with Gasteiger partial charge in [0.05, 0.1) is 4.90 Å². The van der Waals surface area contributed by atoms with Crippen LogP contribution in [0.1, 0.15) is 18.4 Å². The van der Waals surface area contributed by atoms with Crippen LogP contribution in [-0.4, -0.2) is 38.3 Å². The third-order valence-corrected chi connectivity index (χ3v) is 7.51. The third kappa shape index (κ3) is 5.86. The van der Waals surface area contributed by atoms with Gasteiger partial charge in [-0.1, -0.05) is 34.8 Å². The Morgan fingerprint density at radius 2 is 1.55 bits per heavy atom. The Morgan fingerprint density at radius 1 is 0.966 bits per heavy atom. The Bertz CT molecular complexity index is 953. The van der Waals surface area contributed by atoms with Crippen molar-refractivity contribution >= 4 is 50.7 Å². The second kappa shape index (κ2) is 9.67. The Kier molecular flexibility index (Phi) is 7.46. The van der Waals surface area contributed by atoms with E-state index in [1.807, 2.05) is 12.1 Å². The standard InChI is InChI=1S/C20H21Cl3N2O3S/c21-16-1-3-19(4-2-16)29(27,28)25-9-6-15(7-10-25)20(26)24-8-5-14-11-17(22)13-18(23)12-14/h1-4,11-13,15H,5-10H2,(H,24,26). The number of piperidine rings is 1. The number of carbonyl (C=O) groups excluding carboxylic acids is 1. The molecule has 1 aliphatic rings. The number of halogens is 3. The molecule has 0 unspecified atom stereocenters. The minimum Gasteiger partial charge on any atom is -0.356 e. The summed E-state index contributed by atoms with van der Waals surface area (Å²) in [6.07, 6.45) is 1.60. The monoisotopic (exact) mass is 474 g/mol. The van der Waals surface area contributed by atoms with Crippen molar-refractivity contribution in [2.45, 2.75) is 24.2 Å². The molecule has 1 heterocycles. The zero-order valence-corrected chi connectivity index (χ0v) is 18.7. The number of benzene rings is 2. The van der Waals surface area contributed by atoms with E-state index < -0.39 is 10.0 Å². The van der Waals surface area contributed by atoms with Gasteiger partial charge >= 0.3 is 0 Å². The number of hydrogen-bond acceptors (Lipinski definition) is 3. The van der Waals surface area contributed by atoms with E-state index in [0.717, 1.165) is 5.56 Å². The molecule has 5 nitrogen and oxygen atoms in total. The van der Waals surface area contributed by atoms with Crippen molar-refractivity contribution in [3.05, 3.63) is 63.1 Å². The molecule has 0 saturated carbocycles. The molecular weight excluding hydrogens is 455 g/mol. The largest absolute Gasteiger partial charge is 0.356 e. The molecular formula is C20H21Cl3N2O3S. The van der Waals surface area contributed by atoms with E-state index in [1.165, 1.54) is 16.4 Å². The van der Waals surface area contributed by atoms with Gasteiger partial charge < -0.3 is 5.32 Å². The summed E-state index contributed by atoms with van der Waals surface area (Å²) in [6.45, 7) is 1.10. The fraction of sp³-hybridized carbons (Fsp3) is 0.350. The predicted octanol–water partition coefficient (Wildman–Crippen LogP) is 4.41. The van der Waals surface area contributed by atoms with Crippen LogP contribution in [0.15, 0.2) is 47.4 Å². The third-order valence-electron chi connectivity index (χ3n) is 4.91. The van der Waals surface area contributed by atoms with Crippen LogP contribution in [0.4, 0.5) is 0 Å². The highest BCUT2D eigenvalue weighted by Crippen LogP contribution is 2.25. The first kappa shape index (κ1) is 22.4. The van der Waals surface area contributed by atoms with Crippen LogP contribution >= 0.6 is 34.8 Å².